The molecular formula is C10H22IN. The van der Waals surface area contributed by atoms with Crippen LogP contribution in [0.1, 0.15) is 41.0 Å². The standard InChI is InChI=1S/C10H22IN/c1-8(2)9(7-12-11)6-10(3,4)5/h8-9,12H,6-7H2,1-5H3. The Bertz CT molecular complexity index is 115. The molecule has 74 valence electrons. The Morgan fingerprint density at radius 1 is 1.25 bits per heavy atom. The van der Waals surface area contributed by atoms with Crippen molar-refractivity contribution in [3.8, 4) is 0 Å². The van der Waals surface area contributed by atoms with Crippen LogP contribution in [0.4, 0.5) is 0 Å². The molecule has 0 rings (SSSR count). The van der Waals surface area contributed by atoms with E-state index in [1.54, 1.807) is 0 Å². The molecule has 0 saturated carbocycles. The number of hydrogen-bond acceptors (Lipinski definition) is 1. The van der Waals surface area contributed by atoms with Gasteiger partial charge in [0.2, 0.25) is 0 Å². The van der Waals surface area contributed by atoms with Crippen LogP contribution in [0.2, 0.25) is 0 Å². The third-order valence-electron chi connectivity index (χ3n) is 2.16. The van der Waals surface area contributed by atoms with Gasteiger partial charge < -0.3 is 0 Å². The lowest BCUT2D eigenvalue weighted by Crippen LogP contribution is -2.25. The highest BCUT2D eigenvalue weighted by Gasteiger charge is 2.20. The van der Waals surface area contributed by atoms with Crippen molar-refractivity contribution < 1.29 is 0 Å². The minimum absolute atomic E-state index is 0.461. The summed E-state index contributed by atoms with van der Waals surface area (Å²) in [5, 5.41) is 0. The van der Waals surface area contributed by atoms with Gasteiger partial charge in [-0.2, -0.15) is 0 Å². The quantitative estimate of drug-likeness (QED) is 0.613. The fourth-order valence-electron chi connectivity index (χ4n) is 1.43. The van der Waals surface area contributed by atoms with E-state index in [9.17, 15) is 0 Å². The normalized spacial score (nSPS) is 15.2. The van der Waals surface area contributed by atoms with Crippen LogP contribution in [0.5, 0.6) is 0 Å². The Labute approximate surface area is 91.2 Å². The fourth-order valence-corrected chi connectivity index (χ4v) is 1.99. The molecule has 0 aromatic rings. The topological polar surface area (TPSA) is 12.0 Å². The molecular weight excluding hydrogens is 261 g/mol. The summed E-state index contributed by atoms with van der Waals surface area (Å²) < 4.78 is 3.24. The molecule has 1 N–H and O–H groups in total. The van der Waals surface area contributed by atoms with E-state index in [4.69, 9.17) is 0 Å². The van der Waals surface area contributed by atoms with Crippen molar-refractivity contribution in [1.29, 1.82) is 0 Å². The second-order valence-corrected chi connectivity index (χ2v) is 5.87. The van der Waals surface area contributed by atoms with E-state index >= 15 is 0 Å². The molecule has 0 radical (unpaired) electrons. The lowest BCUT2D eigenvalue weighted by atomic mass is 9.80. The fraction of sp³-hybridized carbons (Fsp3) is 1.00. The van der Waals surface area contributed by atoms with Gasteiger partial charge >= 0.3 is 0 Å². The van der Waals surface area contributed by atoms with Crippen molar-refractivity contribution in [1.82, 2.24) is 3.53 Å². The predicted molar refractivity (Wildman–Crippen MR) is 64.4 cm³/mol. The van der Waals surface area contributed by atoms with Gasteiger partial charge in [-0.05, 0) is 23.7 Å². The Hall–Kier alpha value is 0.690. The predicted octanol–water partition coefficient (Wildman–Crippen LogP) is 3.63. The van der Waals surface area contributed by atoms with Crippen molar-refractivity contribution >= 4 is 22.9 Å². The van der Waals surface area contributed by atoms with Gasteiger partial charge in [0.1, 0.15) is 0 Å². The highest BCUT2D eigenvalue weighted by atomic mass is 127. The van der Waals surface area contributed by atoms with Gasteiger partial charge in [-0.3, -0.25) is 3.53 Å². The molecule has 0 spiro atoms. The van der Waals surface area contributed by atoms with Gasteiger partial charge in [0.25, 0.3) is 0 Å². The van der Waals surface area contributed by atoms with Gasteiger partial charge in [-0.1, -0.05) is 34.6 Å². The second kappa shape index (κ2) is 5.43. The van der Waals surface area contributed by atoms with E-state index in [1.807, 2.05) is 0 Å². The van der Waals surface area contributed by atoms with Crippen LogP contribution in [0.3, 0.4) is 0 Å². The average Bonchev–Trinajstić information content (AvgIpc) is 1.83. The van der Waals surface area contributed by atoms with Gasteiger partial charge in [-0.15, -0.1) is 0 Å². The van der Waals surface area contributed by atoms with Gasteiger partial charge in [0.15, 0.2) is 0 Å². The van der Waals surface area contributed by atoms with Crippen molar-refractivity contribution in [2.75, 3.05) is 6.54 Å². The van der Waals surface area contributed by atoms with Crippen LogP contribution >= 0.6 is 22.9 Å². The minimum Gasteiger partial charge on any atom is -0.261 e. The molecule has 0 aliphatic heterocycles. The van der Waals surface area contributed by atoms with E-state index in [1.165, 1.54) is 6.42 Å². The van der Waals surface area contributed by atoms with Gasteiger partial charge in [0, 0.05) is 29.4 Å². The third kappa shape index (κ3) is 6.23. The van der Waals surface area contributed by atoms with Crippen LogP contribution in [0, 0.1) is 17.3 Å². The molecule has 1 atom stereocenters. The van der Waals surface area contributed by atoms with E-state index < -0.39 is 0 Å². The first-order chi connectivity index (χ1) is 5.37. The molecule has 1 nitrogen and oxygen atoms in total. The van der Waals surface area contributed by atoms with Crippen LogP contribution in [-0.2, 0) is 0 Å². The SMILES string of the molecule is CC(C)C(CNI)CC(C)(C)C. The Kier molecular flexibility index (Phi) is 5.74. The molecule has 0 aromatic heterocycles. The van der Waals surface area contributed by atoms with Crippen molar-refractivity contribution in [2.24, 2.45) is 17.3 Å². The van der Waals surface area contributed by atoms with Crippen LogP contribution in [0.15, 0.2) is 0 Å². The lowest BCUT2D eigenvalue weighted by molar-refractivity contribution is 0.246. The molecule has 0 aromatic carbocycles. The maximum absolute atomic E-state index is 3.24. The first-order valence-corrected chi connectivity index (χ1v) is 5.78. The molecule has 0 saturated heterocycles. The van der Waals surface area contributed by atoms with E-state index in [0.29, 0.717) is 5.41 Å². The number of halogens is 1. The molecule has 0 heterocycles. The summed E-state index contributed by atoms with van der Waals surface area (Å²) in [5.41, 5.74) is 0.461. The van der Waals surface area contributed by atoms with Gasteiger partial charge in [0.05, 0.1) is 0 Å². The average molecular weight is 283 g/mol. The Morgan fingerprint density at radius 2 is 1.75 bits per heavy atom. The van der Waals surface area contributed by atoms with Crippen LogP contribution < -0.4 is 3.53 Å². The minimum atomic E-state index is 0.461. The Balaban J connectivity index is 3.95. The maximum atomic E-state index is 3.24. The maximum Gasteiger partial charge on any atom is 0.0169 e. The largest absolute Gasteiger partial charge is 0.261 e. The monoisotopic (exact) mass is 283 g/mol. The molecule has 0 aliphatic carbocycles. The highest BCUT2D eigenvalue weighted by molar-refractivity contribution is 14.1. The first kappa shape index (κ1) is 12.7. The summed E-state index contributed by atoms with van der Waals surface area (Å²) in [7, 11) is 0. The van der Waals surface area contributed by atoms with Crippen molar-refractivity contribution in [3.63, 3.8) is 0 Å². The molecule has 0 amide bonds. The van der Waals surface area contributed by atoms with Crippen molar-refractivity contribution in [3.05, 3.63) is 0 Å². The van der Waals surface area contributed by atoms with Gasteiger partial charge in [-0.25, -0.2) is 0 Å². The van der Waals surface area contributed by atoms with Crippen molar-refractivity contribution in [2.45, 2.75) is 41.0 Å². The van der Waals surface area contributed by atoms with E-state index in [2.05, 4.69) is 61.0 Å². The summed E-state index contributed by atoms with van der Waals surface area (Å²) in [5.74, 6) is 1.59. The molecule has 2 heteroatoms. The molecule has 0 bridgehead atoms. The summed E-state index contributed by atoms with van der Waals surface area (Å²) >= 11 is 2.24. The van der Waals surface area contributed by atoms with Crippen LogP contribution in [0.25, 0.3) is 0 Å². The zero-order valence-corrected chi connectivity index (χ0v) is 11.1. The first-order valence-electron chi connectivity index (χ1n) is 4.70. The number of nitrogens with one attached hydrogen (secondary N) is 1. The van der Waals surface area contributed by atoms with E-state index in [-0.39, 0.29) is 0 Å². The smallest absolute Gasteiger partial charge is 0.0169 e. The Morgan fingerprint density at radius 3 is 2.00 bits per heavy atom. The molecule has 1 unspecified atom stereocenters. The zero-order chi connectivity index (χ0) is 9.78. The van der Waals surface area contributed by atoms with Crippen LogP contribution in [-0.4, -0.2) is 6.54 Å². The zero-order valence-electron chi connectivity index (χ0n) is 8.95. The lowest BCUT2D eigenvalue weighted by Gasteiger charge is -2.28. The summed E-state index contributed by atoms with van der Waals surface area (Å²) in [6.45, 7) is 12.7. The number of hydrogen-bond donors (Lipinski definition) is 1. The summed E-state index contributed by atoms with van der Waals surface area (Å²) in [6.07, 6.45) is 1.31. The summed E-state index contributed by atoms with van der Waals surface area (Å²) in [4.78, 5) is 0. The number of rotatable bonds is 4. The summed E-state index contributed by atoms with van der Waals surface area (Å²) in [6, 6.07) is 0. The second-order valence-electron chi connectivity index (χ2n) is 5.11. The molecule has 0 fully saturated rings. The third-order valence-corrected chi connectivity index (χ3v) is 2.60. The molecule has 12 heavy (non-hydrogen) atoms. The molecule has 0 aliphatic rings. The highest BCUT2D eigenvalue weighted by Crippen LogP contribution is 2.28. The van der Waals surface area contributed by atoms with E-state index in [0.717, 1.165) is 18.4 Å².